The second-order valence-electron chi connectivity index (χ2n) is 9.52. The minimum absolute atomic E-state index is 0.0467. The fourth-order valence-corrected chi connectivity index (χ4v) is 4.87. The zero-order chi connectivity index (χ0) is 23.8. The van der Waals surface area contributed by atoms with Crippen LogP contribution >= 0.6 is 11.6 Å². The van der Waals surface area contributed by atoms with Gasteiger partial charge >= 0.3 is 5.97 Å². The molecule has 1 unspecified atom stereocenters. The molecule has 0 N–H and O–H groups in total. The Kier molecular flexibility index (Phi) is 6.44. The molecular formula is C27H28ClNO4. The minimum Gasteiger partial charge on any atom is -0.497 e. The number of methoxy groups -OCH3 is 1. The molecule has 6 heteroatoms. The average Bonchev–Trinajstić information content (AvgIpc) is 2.76. The lowest BCUT2D eigenvalue weighted by Gasteiger charge is -2.39. The number of esters is 1. The molecule has 0 saturated heterocycles. The van der Waals surface area contributed by atoms with Crippen molar-refractivity contribution < 1.29 is 19.1 Å². The molecule has 0 saturated carbocycles. The van der Waals surface area contributed by atoms with Gasteiger partial charge in [0.05, 0.1) is 7.11 Å². The highest BCUT2D eigenvalue weighted by Crippen LogP contribution is 2.48. The van der Waals surface area contributed by atoms with Gasteiger partial charge in [-0.05, 0) is 54.2 Å². The van der Waals surface area contributed by atoms with E-state index in [4.69, 9.17) is 26.1 Å². The van der Waals surface area contributed by atoms with E-state index in [-0.39, 0.29) is 17.8 Å². The Bertz CT molecular complexity index is 1130. The van der Waals surface area contributed by atoms with E-state index in [1.807, 2.05) is 43.3 Å². The molecule has 1 aliphatic heterocycles. The maximum absolute atomic E-state index is 13.4. The second-order valence-corrected chi connectivity index (χ2v) is 9.95. The number of aliphatic imine (C=N–C) groups is 1. The first kappa shape index (κ1) is 23.2. The number of hydrogen-bond acceptors (Lipinski definition) is 5. The number of carbonyl (C=O) groups is 2. The standard InChI is InChI=1S/C27H28ClNO4/c1-16-23(26(31)33-15-17-5-11-20(32-4)12-6-17)24(18-7-9-19(28)10-8-18)25-21(29-16)13-27(2,3)14-22(25)30/h5-12,23-24H,13-15H2,1-4H3/t23?,24-/m1/s1. The van der Waals surface area contributed by atoms with Crippen LogP contribution in [0.25, 0.3) is 0 Å². The lowest BCUT2D eigenvalue weighted by molar-refractivity contribution is -0.148. The molecule has 2 aromatic carbocycles. The van der Waals surface area contributed by atoms with Crippen LogP contribution in [0.3, 0.4) is 0 Å². The van der Waals surface area contributed by atoms with Crippen LogP contribution in [0, 0.1) is 11.3 Å². The summed E-state index contributed by atoms with van der Waals surface area (Å²) >= 11 is 6.12. The smallest absolute Gasteiger partial charge is 0.315 e. The molecule has 0 bridgehead atoms. The molecule has 172 valence electrons. The fraction of sp³-hybridized carbons (Fsp3) is 0.370. The highest BCUT2D eigenvalue weighted by atomic mass is 35.5. The van der Waals surface area contributed by atoms with Crippen LogP contribution in [0.2, 0.25) is 5.02 Å². The second kappa shape index (κ2) is 9.14. The Morgan fingerprint density at radius 3 is 2.39 bits per heavy atom. The number of nitrogens with zero attached hydrogens (tertiary/aromatic N) is 1. The van der Waals surface area contributed by atoms with E-state index in [0.717, 1.165) is 22.6 Å². The molecule has 0 amide bonds. The van der Waals surface area contributed by atoms with Crippen molar-refractivity contribution in [3.8, 4) is 5.75 Å². The number of ketones is 1. The predicted molar refractivity (Wildman–Crippen MR) is 129 cm³/mol. The largest absolute Gasteiger partial charge is 0.497 e. The first-order valence-electron chi connectivity index (χ1n) is 11.0. The fourth-order valence-electron chi connectivity index (χ4n) is 4.75. The zero-order valence-corrected chi connectivity index (χ0v) is 20.1. The maximum atomic E-state index is 13.4. The van der Waals surface area contributed by atoms with Gasteiger partial charge in [0.1, 0.15) is 18.3 Å². The predicted octanol–water partition coefficient (Wildman–Crippen LogP) is 5.91. The van der Waals surface area contributed by atoms with Crippen LogP contribution in [-0.4, -0.2) is 24.6 Å². The van der Waals surface area contributed by atoms with Gasteiger partial charge in [-0.15, -0.1) is 0 Å². The third-order valence-electron chi connectivity index (χ3n) is 6.33. The van der Waals surface area contributed by atoms with Crippen LogP contribution in [0.15, 0.2) is 64.8 Å². The number of hydrogen-bond donors (Lipinski definition) is 0. The lowest BCUT2D eigenvalue weighted by Crippen LogP contribution is -2.39. The van der Waals surface area contributed by atoms with Crippen LogP contribution < -0.4 is 4.74 Å². The van der Waals surface area contributed by atoms with Gasteiger partial charge in [-0.25, -0.2) is 0 Å². The number of benzene rings is 2. The summed E-state index contributed by atoms with van der Waals surface area (Å²) in [4.78, 5) is 31.4. The molecule has 0 aromatic heterocycles. The highest BCUT2D eigenvalue weighted by molar-refractivity contribution is 6.30. The lowest BCUT2D eigenvalue weighted by atomic mass is 9.67. The Labute approximate surface area is 199 Å². The minimum atomic E-state index is -0.673. The number of Topliss-reactive ketones (excluding diaryl/α,β-unsaturated/α-hetero) is 1. The summed E-state index contributed by atoms with van der Waals surface area (Å²) in [6, 6.07) is 14.7. The van der Waals surface area contributed by atoms with Gasteiger partial charge < -0.3 is 9.47 Å². The van der Waals surface area contributed by atoms with Crippen LogP contribution in [0.4, 0.5) is 0 Å². The molecule has 1 aliphatic carbocycles. The van der Waals surface area contributed by atoms with E-state index in [1.165, 1.54) is 0 Å². The van der Waals surface area contributed by atoms with Gasteiger partial charge in [-0.3, -0.25) is 14.6 Å². The molecule has 2 atom stereocenters. The van der Waals surface area contributed by atoms with Gasteiger partial charge in [-0.2, -0.15) is 0 Å². The molecule has 4 rings (SSSR count). The summed E-state index contributed by atoms with van der Waals surface area (Å²) in [6.45, 7) is 6.13. The number of rotatable bonds is 5. The first-order valence-corrected chi connectivity index (χ1v) is 11.4. The first-order chi connectivity index (χ1) is 15.7. The quantitative estimate of drug-likeness (QED) is 0.515. The van der Waals surface area contributed by atoms with Gasteiger partial charge in [0.2, 0.25) is 0 Å². The maximum Gasteiger partial charge on any atom is 0.315 e. The normalized spacial score (nSPS) is 21.8. The summed E-state index contributed by atoms with van der Waals surface area (Å²) in [5, 5.41) is 0.601. The van der Waals surface area contributed by atoms with Crippen LogP contribution in [0.5, 0.6) is 5.75 Å². The van der Waals surface area contributed by atoms with Crippen molar-refractivity contribution in [3.63, 3.8) is 0 Å². The number of ether oxygens (including phenoxy) is 2. The summed E-state index contributed by atoms with van der Waals surface area (Å²) in [5.41, 5.74) is 3.64. The van der Waals surface area contributed by atoms with E-state index < -0.39 is 17.8 Å². The molecular weight excluding hydrogens is 438 g/mol. The number of carbonyl (C=O) groups excluding carboxylic acids is 2. The summed E-state index contributed by atoms with van der Waals surface area (Å²) in [6.07, 6.45) is 1.13. The number of allylic oxidation sites excluding steroid dienone is 2. The molecule has 0 fully saturated rings. The van der Waals surface area contributed by atoms with Crippen LogP contribution in [0.1, 0.15) is 50.7 Å². The van der Waals surface area contributed by atoms with Gasteiger partial charge in [-0.1, -0.05) is 49.7 Å². The van der Waals surface area contributed by atoms with E-state index in [2.05, 4.69) is 13.8 Å². The molecule has 33 heavy (non-hydrogen) atoms. The molecule has 0 radical (unpaired) electrons. The summed E-state index contributed by atoms with van der Waals surface area (Å²) in [5.74, 6) is -0.724. The van der Waals surface area contributed by atoms with E-state index in [0.29, 0.717) is 29.1 Å². The van der Waals surface area contributed by atoms with Crippen molar-refractivity contribution in [3.05, 3.63) is 76.0 Å². The third-order valence-corrected chi connectivity index (χ3v) is 6.58. The molecule has 2 aliphatic rings. The van der Waals surface area contributed by atoms with Crippen molar-refractivity contribution in [2.45, 2.75) is 46.1 Å². The number of halogens is 1. The van der Waals surface area contributed by atoms with E-state index in [1.54, 1.807) is 19.2 Å². The SMILES string of the molecule is COc1ccc(COC(=O)C2C(C)=NC3=C(C(=O)CC(C)(C)C3)[C@@H]2c2ccc(Cl)cc2)cc1. The third kappa shape index (κ3) is 4.88. The van der Waals surface area contributed by atoms with E-state index >= 15 is 0 Å². The Hall–Kier alpha value is -2.92. The van der Waals surface area contributed by atoms with Gasteiger partial charge in [0.25, 0.3) is 0 Å². The van der Waals surface area contributed by atoms with Crippen molar-refractivity contribution >= 4 is 29.1 Å². The highest BCUT2D eigenvalue weighted by Gasteiger charge is 2.46. The summed E-state index contributed by atoms with van der Waals surface area (Å²) < 4.78 is 10.9. The molecule has 2 aromatic rings. The average molecular weight is 466 g/mol. The Morgan fingerprint density at radius 2 is 1.76 bits per heavy atom. The molecule has 1 heterocycles. The topological polar surface area (TPSA) is 65.0 Å². The van der Waals surface area contributed by atoms with Gasteiger partial charge in [0, 0.05) is 34.3 Å². The Balaban J connectivity index is 1.67. The summed E-state index contributed by atoms with van der Waals surface area (Å²) in [7, 11) is 1.60. The molecule has 0 spiro atoms. The van der Waals surface area contributed by atoms with Gasteiger partial charge in [0.15, 0.2) is 5.78 Å². The molecule has 5 nitrogen and oxygen atoms in total. The van der Waals surface area contributed by atoms with Crippen molar-refractivity contribution in [2.75, 3.05) is 7.11 Å². The van der Waals surface area contributed by atoms with E-state index in [9.17, 15) is 9.59 Å². The zero-order valence-electron chi connectivity index (χ0n) is 19.4. The Morgan fingerprint density at radius 1 is 1.09 bits per heavy atom. The monoisotopic (exact) mass is 465 g/mol. The van der Waals surface area contributed by atoms with Crippen LogP contribution in [-0.2, 0) is 20.9 Å². The van der Waals surface area contributed by atoms with Crippen molar-refractivity contribution in [2.24, 2.45) is 16.3 Å². The van der Waals surface area contributed by atoms with Crippen molar-refractivity contribution in [1.82, 2.24) is 0 Å². The van der Waals surface area contributed by atoms with Crippen molar-refractivity contribution in [1.29, 1.82) is 0 Å².